The number of nitriles is 2. The fourth-order valence-corrected chi connectivity index (χ4v) is 11.1. The van der Waals surface area contributed by atoms with Crippen LogP contribution in [-0.2, 0) is 0 Å². The van der Waals surface area contributed by atoms with Gasteiger partial charge in [0.1, 0.15) is 12.1 Å². The number of rotatable bonds is 3. The summed E-state index contributed by atoms with van der Waals surface area (Å²) in [6.07, 6.45) is 0. The molecule has 3 heterocycles. The predicted molar refractivity (Wildman–Crippen MR) is 220 cm³/mol. The second-order valence-corrected chi connectivity index (χ2v) is 15.5. The molecule has 0 aliphatic rings. The second-order valence-electron chi connectivity index (χ2n) is 12.3. The molecule has 7 aromatic carbocycles. The van der Waals surface area contributed by atoms with Crippen LogP contribution in [-0.4, -0.2) is 4.57 Å². The van der Waals surface area contributed by atoms with Gasteiger partial charge in [0.05, 0.1) is 37.2 Å². The van der Waals surface area contributed by atoms with E-state index in [2.05, 4.69) is 124 Å². The molecular formula is C44H22IN3S2. The van der Waals surface area contributed by atoms with Crippen LogP contribution in [0.3, 0.4) is 0 Å². The summed E-state index contributed by atoms with van der Waals surface area (Å²) >= 11 is 5.94. The number of nitrogens with zero attached hydrogens (tertiary/aromatic N) is 3. The predicted octanol–water partition coefficient (Wildman–Crippen LogP) is 13.2. The monoisotopic (exact) mass is 783 g/mol. The quantitative estimate of drug-likeness (QED) is 0.168. The van der Waals surface area contributed by atoms with E-state index in [1.165, 1.54) is 40.3 Å². The molecule has 10 aromatic rings. The average Bonchev–Trinajstić information content (AvgIpc) is 3.84. The summed E-state index contributed by atoms with van der Waals surface area (Å²) in [6.45, 7) is 0. The number of halogens is 1. The Morgan fingerprint density at radius 1 is 0.460 bits per heavy atom. The van der Waals surface area contributed by atoms with Crippen LogP contribution in [0, 0.1) is 26.2 Å². The molecule has 0 aliphatic heterocycles. The molecule has 0 spiro atoms. The Hall–Kier alpha value is -5.51. The lowest BCUT2D eigenvalue weighted by atomic mass is 9.88. The Bertz CT molecular complexity index is 2990. The van der Waals surface area contributed by atoms with Crippen molar-refractivity contribution >= 4 is 107 Å². The van der Waals surface area contributed by atoms with Gasteiger partial charge in [-0.1, -0.05) is 121 Å². The summed E-state index contributed by atoms with van der Waals surface area (Å²) in [4.78, 5) is 0. The largest absolute Gasteiger partial charge is 0.304 e. The van der Waals surface area contributed by atoms with Gasteiger partial charge in [0.2, 0.25) is 0 Å². The highest BCUT2D eigenvalue weighted by Gasteiger charge is 2.30. The zero-order chi connectivity index (χ0) is 33.5. The van der Waals surface area contributed by atoms with Crippen LogP contribution in [0.15, 0.2) is 133 Å². The Morgan fingerprint density at radius 3 is 1.40 bits per heavy atom. The van der Waals surface area contributed by atoms with Crippen molar-refractivity contribution in [1.82, 2.24) is 4.57 Å². The molecule has 0 atom stereocenters. The van der Waals surface area contributed by atoms with Crippen LogP contribution in [0.5, 0.6) is 0 Å². The highest BCUT2D eigenvalue weighted by Crippen LogP contribution is 2.50. The first kappa shape index (κ1) is 29.4. The summed E-state index contributed by atoms with van der Waals surface area (Å²) in [7, 11) is 0. The average molecular weight is 784 g/mol. The highest BCUT2D eigenvalue weighted by atomic mass is 127. The van der Waals surface area contributed by atoms with E-state index in [-0.39, 0.29) is 0 Å². The van der Waals surface area contributed by atoms with Crippen LogP contribution in [0.4, 0.5) is 0 Å². The lowest BCUT2D eigenvalue weighted by Gasteiger charge is -2.22. The van der Waals surface area contributed by atoms with Crippen LogP contribution in [0.2, 0.25) is 0 Å². The summed E-state index contributed by atoms with van der Waals surface area (Å²) in [5.41, 5.74) is 7.31. The van der Waals surface area contributed by atoms with Crippen molar-refractivity contribution in [3.8, 4) is 40.1 Å². The molecule has 0 saturated carbocycles. The van der Waals surface area contributed by atoms with Crippen molar-refractivity contribution in [1.29, 1.82) is 10.5 Å². The number of thiophene rings is 2. The van der Waals surface area contributed by atoms with Crippen molar-refractivity contribution in [2.75, 3.05) is 0 Å². The molecule has 0 bridgehead atoms. The number of hydrogen-bond acceptors (Lipinski definition) is 4. The van der Waals surface area contributed by atoms with Gasteiger partial charge < -0.3 is 4.57 Å². The molecule has 3 aromatic heterocycles. The third kappa shape index (κ3) is 4.04. The van der Waals surface area contributed by atoms with Gasteiger partial charge in [-0.05, 0) is 45.9 Å². The minimum absolute atomic E-state index is 0.488. The molecular weight excluding hydrogens is 762 g/mol. The molecule has 0 amide bonds. The zero-order valence-electron chi connectivity index (χ0n) is 26.2. The Labute approximate surface area is 308 Å². The number of fused-ring (bicyclic) bond motifs is 11. The molecule has 0 N–H and O–H groups in total. The van der Waals surface area contributed by atoms with E-state index in [1.807, 2.05) is 48.5 Å². The highest BCUT2D eigenvalue weighted by molar-refractivity contribution is 14.1. The van der Waals surface area contributed by atoms with E-state index in [0.29, 0.717) is 16.7 Å². The molecule has 6 heteroatoms. The molecule has 232 valence electrons. The van der Waals surface area contributed by atoms with Gasteiger partial charge in [0.15, 0.2) is 0 Å². The third-order valence-corrected chi connectivity index (χ3v) is 13.2. The first-order valence-electron chi connectivity index (χ1n) is 16.2. The van der Waals surface area contributed by atoms with E-state index < -0.39 is 0 Å². The van der Waals surface area contributed by atoms with Crippen molar-refractivity contribution in [3.63, 3.8) is 0 Å². The minimum atomic E-state index is 0.488. The molecule has 0 aliphatic carbocycles. The number of aromatic nitrogens is 1. The zero-order valence-corrected chi connectivity index (χ0v) is 30.0. The normalized spacial score (nSPS) is 11.7. The number of hydrogen-bond donors (Lipinski definition) is 0. The topological polar surface area (TPSA) is 52.5 Å². The maximum Gasteiger partial charge on any atom is 0.102 e. The van der Waals surface area contributed by atoms with Gasteiger partial charge in [-0.2, -0.15) is 10.5 Å². The first-order chi connectivity index (χ1) is 24.7. The Kier molecular flexibility index (Phi) is 6.63. The Morgan fingerprint density at radius 2 is 0.900 bits per heavy atom. The van der Waals surface area contributed by atoms with Gasteiger partial charge in [0.25, 0.3) is 0 Å². The maximum atomic E-state index is 11.4. The summed E-state index contributed by atoms with van der Waals surface area (Å²) in [5, 5.41) is 29.3. The fraction of sp³-hybridized carbons (Fsp3) is 0. The van der Waals surface area contributed by atoms with Crippen LogP contribution < -0.4 is 0 Å². The van der Waals surface area contributed by atoms with Crippen molar-refractivity contribution < 1.29 is 0 Å². The second kappa shape index (κ2) is 11.3. The molecule has 0 saturated heterocycles. The van der Waals surface area contributed by atoms with Gasteiger partial charge in [-0.25, -0.2) is 0 Å². The molecule has 50 heavy (non-hydrogen) atoms. The first-order valence-corrected chi connectivity index (χ1v) is 18.9. The van der Waals surface area contributed by atoms with Crippen molar-refractivity contribution in [2.24, 2.45) is 0 Å². The van der Waals surface area contributed by atoms with Crippen LogP contribution in [0.1, 0.15) is 11.1 Å². The maximum absolute atomic E-state index is 11.4. The third-order valence-electron chi connectivity index (χ3n) is 9.76. The van der Waals surface area contributed by atoms with Gasteiger partial charge >= 0.3 is 0 Å². The smallest absolute Gasteiger partial charge is 0.102 e. The van der Waals surface area contributed by atoms with E-state index in [1.54, 1.807) is 22.7 Å². The molecule has 10 rings (SSSR count). The minimum Gasteiger partial charge on any atom is -0.304 e. The Balaban J connectivity index is 1.54. The summed E-state index contributed by atoms with van der Waals surface area (Å²) < 4.78 is 8.02. The van der Waals surface area contributed by atoms with Gasteiger partial charge in [-0.3, -0.25) is 0 Å². The van der Waals surface area contributed by atoms with Gasteiger partial charge in [0, 0.05) is 56.4 Å². The SMILES string of the molecule is N#Cc1c(I)c(-c2ccccc2)c(-n2c3c(ccc4c5ccccc5sc43)c3ccc4c5ccccc5sc4c32)c(C#N)c1-c1ccccc1. The lowest BCUT2D eigenvalue weighted by Crippen LogP contribution is -2.07. The van der Waals surface area contributed by atoms with Crippen LogP contribution >= 0.6 is 45.3 Å². The lowest BCUT2D eigenvalue weighted by molar-refractivity contribution is 1.18. The van der Waals surface area contributed by atoms with E-state index >= 15 is 0 Å². The van der Waals surface area contributed by atoms with Crippen molar-refractivity contribution in [3.05, 3.63) is 148 Å². The van der Waals surface area contributed by atoms with Crippen LogP contribution in [0.25, 0.3) is 90.1 Å². The standard InChI is InChI=1S/C44H22IN3S2/c45-39-33(23-46)37(25-11-3-1-4-12-25)34(24-47)40(38(39)26-13-5-2-6-14-26)48-41-29(19-21-31-27-15-7-9-17-35(27)49-43(31)41)30-20-22-32-28-16-8-10-18-36(28)50-44(32)42(30)48/h1-22H. The number of benzene rings is 7. The van der Waals surface area contributed by atoms with E-state index in [4.69, 9.17) is 0 Å². The summed E-state index contributed by atoms with van der Waals surface area (Å²) in [5.74, 6) is 0. The molecule has 0 fully saturated rings. The summed E-state index contributed by atoms with van der Waals surface area (Å²) in [6, 6.07) is 51.6. The molecule has 3 nitrogen and oxygen atoms in total. The van der Waals surface area contributed by atoms with Gasteiger partial charge in [-0.15, -0.1) is 22.7 Å². The molecule has 0 radical (unpaired) electrons. The van der Waals surface area contributed by atoms with E-state index in [9.17, 15) is 10.5 Å². The fourth-order valence-electron chi connectivity index (χ4n) is 7.67. The van der Waals surface area contributed by atoms with Crippen molar-refractivity contribution in [2.45, 2.75) is 0 Å². The van der Waals surface area contributed by atoms with E-state index in [0.717, 1.165) is 47.8 Å². The molecule has 0 unspecified atom stereocenters.